The van der Waals surface area contributed by atoms with Crippen LogP contribution in [0, 0.1) is 5.82 Å². The average molecular weight is 304 g/mol. The zero-order valence-corrected chi connectivity index (χ0v) is 11.6. The summed E-state index contributed by atoms with van der Waals surface area (Å²) in [4.78, 5) is 15.9. The first-order chi connectivity index (χ1) is 9.82. The van der Waals surface area contributed by atoms with Crippen LogP contribution in [0.2, 0.25) is 0 Å². The van der Waals surface area contributed by atoms with Crippen LogP contribution < -0.4 is 0 Å². The smallest absolute Gasteiger partial charge is 0.336 e. The molecule has 1 aromatic rings. The molecule has 1 heterocycles. The third-order valence-electron chi connectivity index (χ3n) is 3.63. The van der Waals surface area contributed by atoms with E-state index in [0.717, 1.165) is 12.6 Å². The van der Waals surface area contributed by atoms with Gasteiger partial charge in [-0.1, -0.05) is 6.92 Å². The van der Waals surface area contributed by atoms with Crippen LogP contribution in [0.15, 0.2) is 18.2 Å². The van der Waals surface area contributed by atoms with Gasteiger partial charge >= 0.3 is 6.18 Å². The van der Waals surface area contributed by atoms with Crippen LogP contribution in [0.5, 0.6) is 0 Å². The van der Waals surface area contributed by atoms with E-state index in [1.165, 1.54) is 4.90 Å². The molecular weight excluding hydrogens is 288 g/mol. The van der Waals surface area contributed by atoms with Crippen molar-refractivity contribution in [3.63, 3.8) is 0 Å². The molecule has 3 nitrogen and oxygen atoms in total. The van der Waals surface area contributed by atoms with Gasteiger partial charge in [-0.25, -0.2) is 4.39 Å². The summed E-state index contributed by atoms with van der Waals surface area (Å²) in [6, 6.07) is 2.38. The molecule has 0 atom stereocenters. The van der Waals surface area contributed by atoms with Crippen molar-refractivity contribution in [1.82, 2.24) is 9.80 Å². The highest BCUT2D eigenvalue weighted by molar-refractivity contribution is 5.94. The summed E-state index contributed by atoms with van der Waals surface area (Å²) in [5.41, 5.74) is -1.53. The molecule has 0 bridgehead atoms. The first-order valence-electron chi connectivity index (χ1n) is 6.71. The van der Waals surface area contributed by atoms with E-state index in [4.69, 9.17) is 0 Å². The number of amides is 1. The van der Waals surface area contributed by atoms with Crippen molar-refractivity contribution in [3.8, 4) is 0 Å². The zero-order chi connectivity index (χ0) is 15.6. The number of hydrogen-bond donors (Lipinski definition) is 0. The van der Waals surface area contributed by atoms with E-state index in [1.54, 1.807) is 0 Å². The molecule has 1 saturated heterocycles. The first kappa shape index (κ1) is 15.8. The topological polar surface area (TPSA) is 23.6 Å². The predicted octanol–water partition coefficient (Wildman–Crippen LogP) is 2.62. The van der Waals surface area contributed by atoms with Crippen molar-refractivity contribution in [2.24, 2.45) is 0 Å². The molecular formula is C14H16F4N2O. The van der Waals surface area contributed by atoms with Crippen molar-refractivity contribution in [3.05, 3.63) is 35.1 Å². The number of piperazine rings is 1. The molecule has 0 aromatic heterocycles. The second-order valence-electron chi connectivity index (χ2n) is 4.92. The summed E-state index contributed by atoms with van der Waals surface area (Å²) in [6.07, 6.45) is -4.80. The molecule has 7 heteroatoms. The fraction of sp³-hybridized carbons (Fsp3) is 0.500. The van der Waals surface area contributed by atoms with E-state index >= 15 is 0 Å². The maximum Gasteiger partial charge on any atom is 0.419 e. The minimum atomic E-state index is -4.80. The number of halogens is 4. The lowest BCUT2D eigenvalue weighted by molar-refractivity contribution is -0.140. The van der Waals surface area contributed by atoms with Crippen molar-refractivity contribution in [2.75, 3.05) is 32.7 Å². The number of likely N-dealkylation sites (N-methyl/N-ethyl adjacent to an activating group) is 1. The summed E-state index contributed by atoms with van der Waals surface area (Å²) >= 11 is 0. The maximum atomic E-state index is 13.2. The van der Waals surface area contributed by atoms with Crippen molar-refractivity contribution in [2.45, 2.75) is 13.1 Å². The lowest BCUT2D eigenvalue weighted by atomic mass is 10.1. The van der Waals surface area contributed by atoms with E-state index in [0.29, 0.717) is 38.3 Å². The Labute approximate surface area is 120 Å². The molecule has 116 valence electrons. The van der Waals surface area contributed by atoms with E-state index in [2.05, 4.69) is 4.90 Å². The Bertz CT molecular complexity index is 522. The van der Waals surface area contributed by atoms with Gasteiger partial charge in [0, 0.05) is 31.7 Å². The molecule has 0 saturated carbocycles. The average Bonchev–Trinajstić information content (AvgIpc) is 2.46. The molecule has 1 aromatic carbocycles. The first-order valence-corrected chi connectivity index (χ1v) is 6.71. The second-order valence-corrected chi connectivity index (χ2v) is 4.92. The number of carbonyl (C=O) groups is 1. The Balaban J connectivity index is 2.17. The van der Waals surface area contributed by atoms with E-state index < -0.39 is 23.5 Å². The fourth-order valence-electron chi connectivity index (χ4n) is 2.33. The fourth-order valence-corrected chi connectivity index (χ4v) is 2.33. The summed E-state index contributed by atoms with van der Waals surface area (Å²) in [5, 5.41) is 0. The Hall–Kier alpha value is -1.63. The monoisotopic (exact) mass is 304 g/mol. The van der Waals surface area contributed by atoms with Crippen molar-refractivity contribution < 1.29 is 22.4 Å². The summed E-state index contributed by atoms with van der Waals surface area (Å²) in [5.74, 6) is -1.86. The number of carbonyl (C=O) groups excluding carboxylic acids is 1. The molecule has 21 heavy (non-hydrogen) atoms. The summed E-state index contributed by atoms with van der Waals surface area (Å²) in [6.45, 7) is 5.19. The number of rotatable bonds is 2. The van der Waals surface area contributed by atoms with Gasteiger partial charge in [0.2, 0.25) is 0 Å². The van der Waals surface area contributed by atoms with Crippen LogP contribution >= 0.6 is 0 Å². The molecule has 0 unspecified atom stereocenters. The number of alkyl halides is 3. The summed E-state index contributed by atoms with van der Waals surface area (Å²) in [7, 11) is 0. The Morgan fingerprint density at radius 2 is 1.81 bits per heavy atom. The molecule has 0 N–H and O–H groups in total. The lowest BCUT2D eigenvalue weighted by Crippen LogP contribution is -2.48. The van der Waals surface area contributed by atoms with Gasteiger partial charge in [-0.05, 0) is 24.7 Å². The van der Waals surface area contributed by atoms with E-state index in [1.807, 2.05) is 6.92 Å². The standard InChI is InChI=1S/C14H16F4N2O/c1-2-19-5-7-20(8-6-19)13(21)10-3-4-12(15)11(9-10)14(16,17)18/h3-4,9H,2,5-8H2,1H3. The molecule has 1 fully saturated rings. The van der Waals surface area contributed by atoms with Crippen LogP contribution in [0.25, 0.3) is 0 Å². The summed E-state index contributed by atoms with van der Waals surface area (Å²) < 4.78 is 51.2. The molecule has 0 aliphatic carbocycles. The predicted molar refractivity (Wildman–Crippen MR) is 69.4 cm³/mol. The molecule has 1 aliphatic heterocycles. The Morgan fingerprint density at radius 3 is 2.33 bits per heavy atom. The van der Waals surface area contributed by atoms with Crippen molar-refractivity contribution in [1.29, 1.82) is 0 Å². The lowest BCUT2D eigenvalue weighted by Gasteiger charge is -2.34. The van der Waals surface area contributed by atoms with Crippen LogP contribution in [-0.2, 0) is 6.18 Å². The third-order valence-corrected chi connectivity index (χ3v) is 3.63. The van der Waals surface area contributed by atoms with E-state index in [-0.39, 0.29) is 5.56 Å². The molecule has 0 spiro atoms. The third kappa shape index (κ3) is 3.53. The number of benzene rings is 1. The highest BCUT2D eigenvalue weighted by Gasteiger charge is 2.35. The molecule has 0 radical (unpaired) electrons. The number of hydrogen-bond acceptors (Lipinski definition) is 2. The second kappa shape index (κ2) is 6.01. The Kier molecular flexibility index (Phi) is 4.51. The van der Waals surface area contributed by atoms with Gasteiger partial charge < -0.3 is 9.80 Å². The van der Waals surface area contributed by atoms with Crippen LogP contribution in [-0.4, -0.2) is 48.4 Å². The van der Waals surface area contributed by atoms with Gasteiger partial charge in [-0.15, -0.1) is 0 Å². The van der Waals surface area contributed by atoms with Gasteiger partial charge in [0.25, 0.3) is 5.91 Å². The van der Waals surface area contributed by atoms with Gasteiger partial charge in [0.15, 0.2) is 0 Å². The SMILES string of the molecule is CCN1CCN(C(=O)c2ccc(F)c(C(F)(F)F)c2)CC1. The minimum Gasteiger partial charge on any atom is -0.336 e. The highest BCUT2D eigenvalue weighted by atomic mass is 19.4. The van der Waals surface area contributed by atoms with E-state index in [9.17, 15) is 22.4 Å². The van der Waals surface area contributed by atoms with Crippen LogP contribution in [0.3, 0.4) is 0 Å². The number of nitrogens with zero attached hydrogens (tertiary/aromatic N) is 2. The van der Waals surface area contributed by atoms with Gasteiger partial charge in [-0.3, -0.25) is 4.79 Å². The van der Waals surface area contributed by atoms with Crippen molar-refractivity contribution >= 4 is 5.91 Å². The van der Waals surface area contributed by atoms with Crippen LogP contribution in [0.4, 0.5) is 17.6 Å². The largest absolute Gasteiger partial charge is 0.419 e. The Morgan fingerprint density at radius 1 is 1.19 bits per heavy atom. The molecule has 1 aliphatic rings. The molecule has 2 rings (SSSR count). The van der Waals surface area contributed by atoms with Gasteiger partial charge in [-0.2, -0.15) is 13.2 Å². The van der Waals surface area contributed by atoms with Crippen LogP contribution in [0.1, 0.15) is 22.8 Å². The van der Waals surface area contributed by atoms with Gasteiger partial charge in [0.1, 0.15) is 5.82 Å². The highest BCUT2D eigenvalue weighted by Crippen LogP contribution is 2.32. The molecule has 1 amide bonds. The maximum absolute atomic E-state index is 13.2. The zero-order valence-electron chi connectivity index (χ0n) is 11.6. The normalized spacial score (nSPS) is 17.1. The minimum absolute atomic E-state index is 0.131. The van der Waals surface area contributed by atoms with Gasteiger partial charge in [0.05, 0.1) is 5.56 Å². The quantitative estimate of drug-likeness (QED) is 0.784.